The van der Waals surface area contributed by atoms with Gasteiger partial charge in [0.05, 0.1) is 32.8 Å². The second-order valence-electron chi connectivity index (χ2n) is 16.6. The minimum Gasteiger partial charge on any atom is -0.457 e. The molecule has 4 aliphatic heterocycles. The number of hydrogen-bond donors (Lipinski definition) is 2. The van der Waals surface area contributed by atoms with E-state index in [0.29, 0.717) is 53.0 Å². The zero-order valence-corrected chi connectivity index (χ0v) is 35.4. The Hall–Kier alpha value is -6.45. The monoisotopic (exact) mass is 870 g/mol. The van der Waals surface area contributed by atoms with E-state index in [2.05, 4.69) is 30.1 Å². The number of piperidine rings is 2. The van der Waals surface area contributed by atoms with Crippen LogP contribution in [0.4, 0.5) is 5.69 Å². The maximum Gasteiger partial charge on any atom is 0.262 e. The van der Waals surface area contributed by atoms with Crippen LogP contribution in [0, 0.1) is 5.92 Å². The minimum absolute atomic E-state index is 0.0768. The van der Waals surface area contributed by atoms with Gasteiger partial charge in [-0.2, -0.15) is 0 Å². The fourth-order valence-electron chi connectivity index (χ4n) is 9.26. The normalized spacial score (nSPS) is 19.4. The number of nitrogens with zero attached hydrogens (tertiary/aromatic N) is 6. The molecule has 3 aromatic carbocycles. The number of rotatable bonds is 13. The lowest BCUT2D eigenvalue weighted by Crippen LogP contribution is -2.54. The van der Waals surface area contributed by atoms with Crippen molar-refractivity contribution < 1.29 is 33.5 Å². The highest BCUT2D eigenvalue weighted by molar-refractivity contribution is 6.35. The van der Waals surface area contributed by atoms with E-state index in [1.807, 2.05) is 41.3 Å². The molecule has 4 aliphatic rings. The molecule has 1 unspecified atom stereocenters. The average molecular weight is 871 g/mol. The van der Waals surface area contributed by atoms with Crippen molar-refractivity contribution in [1.29, 1.82) is 0 Å². The van der Waals surface area contributed by atoms with Crippen molar-refractivity contribution in [3.8, 4) is 11.5 Å². The first-order valence-electron chi connectivity index (χ1n) is 21.6. The van der Waals surface area contributed by atoms with Gasteiger partial charge in [0, 0.05) is 75.6 Å². The SMILES string of the molecule is O=C1CCC(N2C(=O)c3ccc(N4CCN(CCCCC(=O)N5CCC[C@@H](Cc6ncnc7[nH]cc(C(=O)c8ccc(Oc9ccccc9)cc8Cl)c67)C5)CC4)cc3C2=O)C(=O)N1. The van der Waals surface area contributed by atoms with Crippen molar-refractivity contribution >= 4 is 63.6 Å². The lowest BCUT2D eigenvalue weighted by Gasteiger charge is -2.36. The fourth-order valence-corrected chi connectivity index (χ4v) is 9.52. The number of imide groups is 2. The molecule has 0 bridgehead atoms. The number of para-hydroxylation sites is 1. The molecule has 9 rings (SSSR count). The largest absolute Gasteiger partial charge is 0.457 e. The van der Waals surface area contributed by atoms with Gasteiger partial charge in [0.15, 0.2) is 5.78 Å². The van der Waals surface area contributed by atoms with Crippen molar-refractivity contribution in [1.82, 2.24) is 35.0 Å². The lowest BCUT2D eigenvalue weighted by atomic mass is 9.91. The van der Waals surface area contributed by atoms with Gasteiger partial charge in [0.2, 0.25) is 17.7 Å². The van der Waals surface area contributed by atoms with Crippen LogP contribution >= 0.6 is 11.6 Å². The van der Waals surface area contributed by atoms with Crippen molar-refractivity contribution in [3.05, 3.63) is 112 Å². The predicted octanol–water partition coefficient (Wildman–Crippen LogP) is 5.81. The Labute approximate surface area is 368 Å². The molecular formula is C47H47ClN8O7. The molecule has 5 amide bonds. The number of anilines is 1. The second-order valence-corrected chi connectivity index (χ2v) is 17.1. The molecule has 2 atom stereocenters. The number of H-pyrrole nitrogens is 1. The zero-order valence-electron chi connectivity index (χ0n) is 34.7. The molecule has 6 heterocycles. The van der Waals surface area contributed by atoms with Crippen molar-refractivity contribution in [2.75, 3.05) is 50.7 Å². The van der Waals surface area contributed by atoms with Gasteiger partial charge in [-0.05, 0) is 93.5 Å². The molecular weight excluding hydrogens is 824 g/mol. The Kier molecular flexibility index (Phi) is 12.0. The molecule has 2 N–H and O–H groups in total. The summed E-state index contributed by atoms with van der Waals surface area (Å²) in [7, 11) is 0. The number of piperazine rings is 1. The number of carbonyl (C=O) groups excluding carboxylic acids is 6. The third kappa shape index (κ3) is 8.80. The van der Waals surface area contributed by atoms with Crippen molar-refractivity contribution in [2.24, 2.45) is 5.92 Å². The quantitative estimate of drug-likeness (QED) is 0.0830. The van der Waals surface area contributed by atoms with E-state index in [4.69, 9.17) is 16.3 Å². The number of aromatic amines is 1. The molecule has 63 heavy (non-hydrogen) atoms. The van der Waals surface area contributed by atoms with E-state index in [1.165, 1.54) is 6.33 Å². The first kappa shape index (κ1) is 41.9. The molecule has 3 saturated heterocycles. The molecule has 15 nitrogen and oxygen atoms in total. The molecule has 0 spiro atoms. The first-order chi connectivity index (χ1) is 30.6. The van der Waals surface area contributed by atoms with E-state index in [0.717, 1.165) is 81.2 Å². The highest BCUT2D eigenvalue weighted by atomic mass is 35.5. The molecule has 0 aliphatic carbocycles. The molecule has 16 heteroatoms. The highest BCUT2D eigenvalue weighted by Crippen LogP contribution is 2.33. The van der Waals surface area contributed by atoms with Crippen LogP contribution < -0.4 is 15.0 Å². The van der Waals surface area contributed by atoms with Crippen LogP contribution in [0.25, 0.3) is 11.0 Å². The number of nitrogens with one attached hydrogen (secondary N) is 2. The molecule has 324 valence electrons. The van der Waals surface area contributed by atoms with Crippen LogP contribution in [0.15, 0.2) is 79.3 Å². The third-order valence-electron chi connectivity index (χ3n) is 12.6. The standard InChI is InChI=1S/C47H47ClN8O7/c48-37-25-32(63-31-8-2-1-3-9-31)12-14-34(37)43(59)36-26-49-44-42(36)38(50-28-51-44)23-29-7-6-18-55(27-29)41(58)10-4-5-17-53-19-21-54(22-20-53)30-11-13-33-35(24-30)47(62)56(46(33)61)39-15-16-40(57)52-45(39)60/h1-3,8-9,11-14,24-26,28-29,39H,4-7,10,15-23,27H2,(H,49,50,51)(H,52,57,60)/t29-,39?/m0/s1. The third-order valence-corrected chi connectivity index (χ3v) is 12.9. The number of aromatic nitrogens is 3. The summed E-state index contributed by atoms with van der Waals surface area (Å²) in [6, 6.07) is 18.6. The summed E-state index contributed by atoms with van der Waals surface area (Å²) in [6.07, 6.45) is 7.97. The van der Waals surface area contributed by atoms with Crippen LogP contribution in [-0.4, -0.2) is 117 Å². The Balaban J connectivity index is 0.741. The minimum atomic E-state index is -0.992. The number of amides is 5. The number of ether oxygens (including phenoxy) is 1. The van der Waals surface area contributed by atoms with E-state index in [1.54, 1.807) is 36.5 Å². The maximum atomic E-state index is 13.9. The van der Waals surface area contributed by atoms with E-state index < -0.39 is 29.7 Å². The zero-order chi connectivity index (χ0) is 43.6. The summed E-state index contributed by atoms with van der Waals surface area (Å²) >= 11 is 6.64. The van der Waals surface area contributed by atoms with Crippen molar-refractivity contribution in [2.45, 2.75) is 57.4 Å². The summed E-state index contributed by atoms with van der Waals surface area (Å²) < 4.78 is 5.90. The van der Waals surface area contributed by atoms with Gasteiger partial charge in [-0.1, -0.05) is 29.8 Å². The average Bonchev–Trinajstić information content (AvgIpc) is 3.84. The predicted molar refractivity (Wildman–Crippen MR) is 234 cm³/mol. The number of unbranched alkanes of at least 4 members (excludes halogenated alkanes) is 1. The molecule has 5 aromatic rings. The molecule has 3 fully saturated rings. The topological polar surface area (TPSA) is 178 Å². The fraction of sp³-hybridized carbons (Fsp3) is 0.362. The van der Waals surface area contributed by atoms with Gasteiger partial charge in [-0.3, -0.25) is 43.9 Å². The van der Waals surface area contributed by atoms with Gasteiger partial charge in [0.1, 0.15) is 29.5 Å². The van der Waals surface area contributed by atoms with Crippen LogP contribution in [-0.2, 0) is 20.8 Å². The van der Waals surface area contributed by atoms with Gasteiger partial charge in [-0.25, -0.2) is 9.97 Å². The van der Waals surface area contributed by atoms with Gasteiger partial charge < -0.3 is 19.5 Å². The first-order valence-corrected chi connectivity index (χ1v) is 22.0. The lowest BCUT2D eigenvalue weighted by molar-refractivity contribution is -0.136. The Morgan fingerprint density at radius 2 is 1.63 bits per heavy atom. The van der Waals surface area contributed by atoms with Crippen molar-refractivity contribution in [3.63, 3.8) is 0 Å². The number of carbonyl (C=O) groups is 6. The number of benzene rings is 3. The second kappa shape index (κ2) is 18.1. The molecule has 0 radical (unpaired) electrons. The number of hydrogen-bond acceptors (Lipinski definition) is 11. The number of likely N-dealkylation sites (tertiary alicyclic amines) is 1. The summed E-state index contributed by atoms with van der Waals surface area (Å²) in [5.74, 6) is -0.760. The Bertz CT molecular complexity index is 2610. The van der Waals surface area contributed by atoms with E-state index in [-0.39, 0.29) is 46.6 Å². The van der Waals surface area contributed by atoms with Gasteiger partial charge >= 0.3 is 0 Å². The molecule has 2 aromatic heterocycles. The van der Waals surface area contributed by atoms with E-state index in [9.17, 15) is 28.8 Å². The molecule has 0 saturated carbocycles. The Morgan fingerprint density at radius 1 is 0.825 bits per heavy atom. The van der Waals surface area contributed by atoms with E-state index >= 15 is 0 Å². The van der Waals surface area contributed by atoms with Gasteiger partial charge in [0.25, 0.3) is 11.8 Å². The highest BCUT2D eigenvalue weighted by Gasteiger charge is 2.45. The summed E-state index contributed by atoms with van der Waals surface area (Å²) in [6.45, 7) is 5.36. The van der Waals surface area contributed by atoms with Gasteiger partial charge in [-0.15, -0.1) is 0 Å². The van der Waals surface area contributed by atoms with Crippen LogP contribution in [0.2, 0.25) is 5.02 Å². The summed E-state index contributed by atoms with van der Waals surface area (Å²) in [4.78, 5) is 97.6. The van der Waals surface area contributed by atoms with Crippen LogP contribution in [0.5, 0.6) is 11.5 Å². The maximum absolute atomic E-state index is 13.9. The van der Waals surface area contributed by atoms with Crippen LogP contribution in [0.3, 0.4) is 0 Å². The summed E-state index contributed by atoms with van der Waals surface area (Å²) in [5, 5.41) is 3.18. The Morgan fingerprint density at radius 3 is 2.43 bits per heavy atom. The summed E-state index contributed by atoms with van der Waals surface area (Å²) in [5.41, 5.74) is 3.53. The number of ketones is 1. The smallest absolute Gasteiger partial charge is 0.262 e. The van der Waals surface area contributed by atoms with Crippen LogP contribution in [0.1, 0.15) is 87.3 Å². The number of halogens is 1. The number of fused-ring (bicyclic) bond motifs is 2.